The Morgan fingerprint density at radius 3 is 1.54 bits per heavy atom. The average molecular weight is 873 g/mol. The summed E-state index contributed by atoms with van der Waals surface area (Å²) in [5.41, 5.74) is 3.64. The van der Waals surface area contributed by atoms with E-state index in [1.165, 1.54) is 29.1 Å². The Bertz CT molecular complexity index is 2300. The van der Waals surface area contributed by atoms with Crippen LogP contribution in [0.3, 0.4) is 0 Å². The minimum atomic E-state index is -4.35. The van der Waals surface area contributed by atoms with E-state index < -0.39 is 35.1 Å². The smallest absolute Gasteiger partial charge is 0.348 e. The quantitative estimate of drug-likeness (QED) is 0.111. The number of hydrogen-bond acceptors (Lipinski definition) is 10. The maximum absolute atomic E-state index is 12.8. The number of nitrogens with one attached hydrogen (secondary N) is 1. The van der Waals surface area contributed by atoms with E-state index in [4.69, 9.17) is 30.5 Å². The van der Waals surface area contributed by atoms with Gasteiger partial charge in [0.2, 0.25) is 11.6 Å². The van der Waals surface area contributed by atoms with E-state index in [0.29, 0.717) is 50.1 Å². The monoisotopic (exact) mass is 872 g/mol. The third-order valence-electron chi connectivity index (χ3n) is 9.34. The molecular formula is C42H43ClF6N8O4. The maximum atomic E-state index is 12.8. The van der Waals surface area contributed by atoms with Gasteiger partial charge in [-0.2, -0.15) is 36.4 Å². The van der Waals surface area contributed by atoms with Crippen molar-refractivity contribution in [2.75, 3.05) is 19.1 Å². The van der Waals surface area contributed by atoms with Crippen LogP contribution >= 0.6 is 11.6 Å². The van der Waals surface area contributed by atoms with Gasteiger partial charge in [0.05, 0.1) is 42.9 Å². The van der Waals surface area contributed by atoms with Gasteiger partial charge < -0.3 is 18.9 Å². The number of hydrogen-bond donors (Lipinski definition) is 1. The van der Waals surface area contributed by atoms with Gasteiger partial charge in [0.25, 0.3) is 0 Å². The molecule has 2 saturated heterocycles. The van der Waals surface area contributed by atoms with E-state index in [0.717, 1.165) is 57.6 Å². The summed E-state index contributed by atoms with van der Waals surface area (Å²) in [7, 11) is 0. The molecule has 0 amide bonds. The molecule has 4 aromatic carbocycles. The molecule has 2 aliphatic rings. The van der Waals surface area contributed by atoms with Crippen molar-refractivity contribution in [3.05, 3.63) is 130 Å². The van der Waals surface area contributed by atoms with Crippen LogP contribution < -0.4 is 0 Å². The molecule has 12 nitrogen and oxygen atoms in total. The topological polar surface area (TPSA) is 135 Å². The third kappa shape index (κ3) is 12.9. The van der Waals surface area contributed by atoms with Gasteiger partial charge in [0.1, 0.15) is 6.10 Å². The number of rotatable bonds is 9. The van der Waals surface area contributed by atoms with Crippen LogP contribution in [0.2, 0.25) is 0 Å². The highest BCUT2D eigenvalue weighted by atomic mass is 35.5. The van der Waals surface area contributed by atoms with Gasteiger partial charge in [-0.1, -0.05) is 72.8 Å². The Balaban J connectivity index is 0.000000175. The first-order chi connectivity index (χ1) is 28.9. The second-order valence-electron chi connectivity index (χ2n) is 15.0. The number of tetrazole rings is 2. The fourth-order valence-electron chi connectivity index (χ4n) is 6.43. The summed E-state index contributed by atoms with van der Waals surface area (Å²) >= 11 is 5.53. The molecule has 8 rings (SSSR count). The first kappa shape index (κ1) is 45.3. The molecule has 0 saturated carbocycles. The van der Waals surface area contributed by atoms with E-state index in [9.17, 15) is 26.3 Å². The fourth-order valence-corrected chi connectivity index (χ4v) is 6.58. The van der Waals surface area contributed by atoms with Gasteiger partial charge in [-0.25, -0.2) is 0 Å². The van der Waals surface area contributed by atoms with Gasteiger partial charge in [-0.05, 0) is 97.5 Å². The summed E-state index contributed by atoms with van der Waals surface area (Å²) in [5, 5.41) is 26.5. The minimum Gasteiger partial charge on any atom is -0.348 e. The van der Waals surface area contributed by atoms with Crippen LogP contribution in [0.4, 0.5) is 26.3 Å². The molecule has 2 atom stereocenters. The molecule has 6 aromatic rings. The van der Waals surface area contributed by atoms with E-state index in [1.54, 1.807) is 0 Å². The Labute approximate surface area is 352 Å². The Morgan fingerprint density at radius 2 is 1.13 bits per heavy atom. The fraction of sp³-hybridized carbons (Fsp3) is 0.381. The van der Waals surface area contributed by atoms with Gasteiger partial charge in [0.15, 0.2) is 11.6 Å². The number of aromatic amines is 1. The number of ether oxygens (including phenoxy) is 4. The van der Waals surface area contributed by atoms with Gasteiger partial charge in [-0.15, -0.1) is 32.0 Å². The lowest BCUT2D eigenvalue weighted by Gasteiger charge is -2.16. The first-order valence-corrected chi connectivity index (χ1v) is 19.6. The molecule has 0 radical (unpaired) electrons. The number of alkyl halides is 7. The minimum absolute atomic E-state index is 0.0849. The predicted molar refractivity (Wildman–Crippen MR) is 212 cm³/mol. The maximum Gasteiger partial charge on any atom is 0.416 e. The molecule has 0 aliphatic carbocycles. The number of aromatic nitrogens is 8. The molecular weight excluding hydrogens is 830 g/mol. The molecule has 324 valence electrons. The molecule has 19 heteroatoms. The summed E-state index contributed by atoms with van der Waals surface area (Å²) in [6.07, 6.45) is -7.80. The molecule has 0 spiro atoms. The molecule has 2 aromatic heterocycles. The largest absolute Gasteiger partial charge is 0.416 e. The van der Waals surface area contributed by atoms with Crippen molar-refractivity contribution < 1.29 is 45.3 Å². The molecule has 61 heavy (non-hydrogen) atoms. The van der Waals surface area contributed by atoms with E-state index in [2.05, 4.69) is 36.0 Å². The van der Waals surface area contributed by atoms with Crippen LogP contribution in [-0.4, -0.2) is 83.7 Å². The van der Waals surface area contributed by atoms with Crippen LogP contribution in [0.1, 0.15) is 61.1 Å². The lowest BCUT2D eigenvalue weighted by Crippen LogP contribution is -2.25. The zero-order chi connectivity index (χ0) is 43.8. The highest BCUT2D eigenvalue weighted by molar-refractivity contribution is 6.18. The van der Waals surface area contributed by atoms with E-state index in [-0.39, 0.29) is 12.2 Å². The Morgan fingerprint density at radius 1 is 0.656 bits per heavy atom. The standard InChI is InChI=1S/C21H21F3N4O2.C15H11F3N4.C6H11ClO2/c1-20(2)29-13-17(30-20)12-28-26-19(25-27-28)18-6-4-3-5-15(18)11-14-7-9-16(10-8-14)21(22,23)24;16-15(17,18)12-7-5-10(6-8-12)9-11-3-1-2-4-13(11)14-19-21-22-20-14;1-6(2)8-4-5(3-7)9-6/h3-10,17H,11-13H2,1-2H3;1-8H,9H2,(H,19,20,21,22);5H,3-4H2,1-2H3. The lowest BCUT2D eigenvalue weighted by molar-refractivity contribution is -0.140. The van der Waals surface area contributed by atoms with Gasteiger partial charge in [-0.3, -0.25) is 0 Å². The van der Waals surface area contributed by atoms with Crippen molar-refractivity contribution in [2.45, 2.75) is 83.2 Å². The van der Waals surface area contributed by atoms with Crippen molar-refractivity contribution in [3.8, 4) is 22.8 Å². The average Bonchev–Trinajstić information content (AvgIpc) is 4.04. The van der Waals surface area contributed by atoms with Crippen LogP contribution in [0.15, 0.2) is 97.1 Å². The first-order valence-electron chi connectivity index (χ1n) is 19.1. The molecule has 0 bridgehead atoms. The van der Waals surface area contributed by atoms with Crippen molar-refractivity contribution in [1.82, 2.24) is 40.8 Å². The van der Waals surface area contributed by atoms with Crippen molar-refractivity contribution >= 4 is 11.6 Å². The second-order valence-corrected chi connectivity index (χ2v) is 15.3. The molecule has 1 N–H and O–H groups in total. The summed E-state index contributed by atoms with van der Waals surface area (Å²) in [6, 6.07) is 25.3. The van der Waals surface area contributed by atoms with Crippen molar-refractivity contribution in [3.63, 3.8) is 0 Å². The SMILES string of the molecule is CC1(C)OCC(CCl)O1.CC1(C)OCC(Cn2nnc(-c3ccccc3Cc3ccc(C(F)(F)F)cc3)n2)O1.FC(F)(F)c1ccc(Cc2ccccc2-c2nn[nH]n2)cc1. The zero-order valence-electron chi connectivity index (χ0n) is 33.5. The molecule has 2 fully saturated rings. The number of halogens is 7. The second kappa shape index (κ2) is 19.2. The Hall–Kier alpha value is -5.27. The highest BCUT2D eigenvalue weighted by Gasteiger charge is 2.34. The number of H-pyrrole nitrogens is 1. The summed E-state index contributed by atoms with van der Waals surface area (Å²) < 4.78 is 98.0. The molecule has 4 heterocycles. The van der Waals surface area contributed by atoms with Crippen LogP contribution in [0.25, 0.3) is 22.8 Å². The van der Waals surface area contributed by atoms with Gasteiger partial charge in [0, 0.05) is 11.1 Å². The van der Waals surface area contributed by atoms with Crippen LogP contribution in [0.5, 0.6) is 0 Å². The number of benzene rings is 4. The van der Waals surface area contributed by atoms with E-state index >= 15 is 0 Å². The third-order valence-corrected chi connectivity index (χ3v) is 9.68. The van der Waals surface area contributed by atoms with E-state index in [1.807, 2.05) is 76.2 Å². The van der Waals surface area contributed by atoms with Crippen LogP contribution in [-0.2, 0) is 50.7 Å². The molecule has 2 unspecified atom stereocenters. The predicted octanol–water partition coefficient (Wildman–Crippen LogP) is 8.95. The molecule has 2 aliphatic heterocycles. The zero-order valence-corrected chi connectivity index (χ0v) is 34.3. The van der Waals surface area contributed by atoms with Crippen molar-refractivity contribution in [2.24, 2.45) is 0 Å². The summed E-state index contributed by atoms with van der Waals surface area (Å²) in [5.74, 6) is 0.393. The summed E-state index contributed by atoms with van der Waals surface area (Å²) in [4.78, 5) is 1.47. The lowest BCUT2D eigenvalue weighted by atomic mass is 9.98. The normalized spacial score (nSPS) is 18.2. The Kier molecular flexibility index (Phi) is 14.2. The number of nitrogens with zero attached hydrogens (tertiary/aromatic N) is 7. The summed E-state index contributed by atoms with van der Waals surface area (Å²) in [6.45, 7) is 8.97. The van der Waals surface area contributed by atoms with Crippen LogP contribution in [0, 0.1) is 0 Å². The van der Waals surface area contributed by atoms with Crippen molar-refractivity contribution in [1.29, 1.82) is 0 Å². The highest BCUT2D eigenvalue weighted by Crippen LogP contribution is 2.32. The van der Waals surface area contributed by atoms with Gasteiger partial charge >= 0.3 is 12.4 Å².